The lowest BCUT2D eigenvalue weighted by Crippen LogP contribution is -2.40. The molecule has 6 atom stereocenters. The second-order valence-corrected chi connectivity index (χ2v) is 8.56. The Morgan fingerprint density at radius 3 is 2.43 bits per heavy atom. The number of carbonyl (C=O) groups excluding carboxylic acids is 3. The van der Waals surface area contributed by atoms with E-state index < -0.39 is 0 Å². The number of hydrogen-bond acceptors (Lipinski definition) is 4. The molecule has 2 bridgehead atoms. The van der Waals surface area contributed by atoms with Crippen molar-refractivity contribution in [3.05, 3.63) is 35.4 Å². The molecule has 0 radical (unpaired) electrons. The summed E-state index contributed by atoms with van der Waals surface area (Å²) in [5.74, 6) is 1.11. The maximum atomic E-state index is 12.9. The van der Waals surface area contributed by atoms with Crippen molar-refractivity contribution in [2.75, 3.05) is 19.0 Å². The van der Waals surface area contributed by atoms with Crippen molar-refractivity contribution in [3.63, 3.8) is 0 Å². The third kappa shape index (κ3) is 2.58. The van der Waals surface area contributed by atoms with E-state index in [-0.39, 0.29) is 54.4 Å². The quantitative estimate of drug-likeness (QED) is 0.609. The molecule has 1 aliphatic heterocycles. The Morgan fingerprint density at radius 2 is 1.82 bits per heavy atom. The highest BCUT2D eigenvalue weighted by molar-refractivity contribution is 6.31. The number of nitrogens with zero attached hydrogens (tertiary/aromatic N) is 1. The van der Waals surface area contributed by atoms with E-state index in [9.17, 15) is 14.4 Å². The zero-order valence-corrected chi connectivity index (χ0v) is 16.2. The fourth-order valence-electron chi connectivity index (χ4n) is 5.44. The Bertz CT molecular complexity index is 878. The van der Waals surface area contributed by atoms with E-state index >= 15 is 0 Å². The van der Waals surface area contributed by atoms with Gasteiger partial charge in [0.15, 0.2) is 0 Å². The standard InChI is InChI=1S/C21H21ClN2O4/c1-28-16-5-2-10(22)8-15(16)23-17(25)6-7-24-20(26)18-11-3-4-12(14-9-13(11)14)19(18)21(24)27/h2-5,8,11-14,18-19H,6-7,9H2,1H3,(H,23,25)/t11-,12-,13-,14+,18-,19-/m1/s1. The first-order chi connectivity index (χ1) is 13.5. The number of imide groups is 1. The minimum Gasteiger partial charge on any atom is -0.495 e. The highest BCUT2D eigenvalue weighted by Gasteiger charge is 2.66. The number of hydrogen-bond donors (Lipinski definition) is 1. The number of carbonyl (C=O) groups is 3. The molecule has 4 aliphatic carbocycles. The van der Waals surface area contributed by atoms with Gasteiger partial charge in [0, 0.05) is 18.0 Å². The topological polar surface area (TPSA) is 75.7 Å². The van der Waals surface area contributed by atoms with E-state index in [2.05, 4.69) is 17.5 Å². The molecule has 1 heterocycles. The van der Waals surface area contributed by atoms with Gasteiger partial charge in [0.2, 0.25) is 17.7 Å². The zero-order chi connectivity index (χ0) is 19.6. The molecule has 0 aromatic heterocycles. The minimum absolute atomic E-state index is 0.0439. The summed E-state index contributed by atoms with van der Waals surface area (Å²) >= 11 is 5.98. The molecular weight excluding hydrogens is 380 g/mol. The van der Waals surface area contributed by atoms with Crippen molar-refractivity contribution in [1.29, 1.82) is 0 Å². The molecule has 2 saturated carbocycles. The van der Waals surface area contributed by atoms with Crippen LogP contribution in [0.15, 0.2) is 30.4 Å². The lowest BCUT2D eigenvalue weighted by molar-refractivity contribution is -0.140. The fourth-order valence-corrected chi connectivity index (χ4v) is 5.62. The van der Waals surface area contributed by atoms with Gasteiger partial charge in [-0.25, -0.2) is 0 Å². The van der Waals surface area contributed by atoms with Crippen molar-refractivity contribution >= 4 is 35.0 Å². The van der Waals surface area contributed by atoms with Gasteiger partial charge in [0.25, 0.3) is 0 Å². The van der Waals surface area contributed by atoms with Crippen LogP contribution >= 0.6 is 11.6 Å². The molecule has 6 rings (SSSR count). The minimum atomic E-state index is -0.292. The summed E-state index contributed by atoms with van der Waals surface area (Å²) in [7, 11) is 1.51. The Labute approximate surface area is 167 Å². The molecule has 6 nitrogen and oxygen atoms in total. The number of anilines is 1. The first kappa shape index (κ1) is 17.7. The molecular formula is C21H21ClN2O4. The molecule has 1 saturated heterocycles. The lowest BCUT2D eigenvalue weighted by Gasteiger charge is -2.37. The molecule has 7 heteroatoms. The molecule has 0 spiro atoms. The summed E-state index contributed by atoms with van der Waals surface area (Å²) in [5, 5.41) is 3.23. The molecule has 1 N–H and O–H groups in total. The fraction of sp³-hybridized carbons (Fsp3) is 0.476. The van der Waals surface area contributed by atoms with Crippen LogP contribution in [0.25, 0.3) is 0 Å². The predicted molar refractivity (Wildman–Crippen MR) is 103 cm³/mol. The number of rotatable bonds is 5. The second-order valence-electron chi connectivity index (χ2n) is 8.13. The number of ether oxygens (including phenoxy) is 1. The van der Waals surface area contributed by atoms with Gasteiger partial charge in [-0.1, -0.05) is 23.8 Å². The van der Waals surface area contributed by atoms with Crippen LogP contribution in [0, 0.1) is 35.5 Å². The normalized spacial score (nSPS) is 34.3. The van der Waals surface area contributed by atoms with Gasteiger partial charge < -0.3 is 10.1 Å². The third-order valence-corrected chi connectivity index (χ3v) is 6.99. The Kier molecular flexibility index (Phi) is 4.02. The summed E-state index contributed by atoms with van der Waals surface area (Å²) in [5.41, 5.74) is 0.468. The van der Waals surface area contributed by atoms with Crippen LogP contribution in [0.3, 0.4) is 0 Å². The first-order valence-electron chi connectivity index (χ1n) is 9.66. The van der Waals surface area contributed by atoms with Crippen LogP contribution < -0.4 is 10.1 Å². The third-order valence-electron chi connectivity index (χ3n) is 6.75. The molecule has 5 aliphatic rings. The molecule has 28 heavy (non-hydrogen) atoms. The highest BCUT2D eigenvalue weighted by atomic mass is 35.5. The number of allylic oxidation sites excluding steroid dienone is 2. The summed E-state index contributed by atoms with van der Waals surface area (Å²) < 4.78 is 5.22. The van der Waals surface area contributed by atoms with Gasteiger partial charge >= 0.3 is 0 Å². The Morgan fingerprint density at radius 1 is 1.18 bits per heavy atom. The van der Waals surface area contributed by atoms with Crippen LogP contribution in [0.1, 0.15) is 12.8 Å². The number of methoxy groups -OCH3 is 1. The van der Waals surface area contributed by atoms with E-state index in [1.54, 1.807) is 18.2 Å². The number of likely N-dealkylation sites (tertiary alicyclic amines) is 1. The molecule has 1 aromatic carbocycles. The number of nitrogens with one attached hydrogen (secondary N) is 1. The van der Waals surface area contributed by atoms with Gasteiger partial charge in [0.05, 0.1) is 24.6 Å². The Hall–Kier alpha value is -2.34. The van der Waals surface area contributed by atoms with E-state index in [0.29, 0.717) is 28.3 Å². The SMILES string of the molecule is COc1ccc(Cl)cc1NC(=O)CCN1C(=O)[C@@H]2[C@@H]3C=C[C@H]([C@@H]4C[C@H]34)[C@H]2C1=O. The van der Waals surface area contributed by atoms with Gasteiger partial charge in [-0.15, -0.1) is 0 Å². The molecule has 1 aromatic rings. The van der Waals surface area contributed by atoms with Crippen molar-refractivity contribution < 1.29 is 19.1 Å². The average Bonchev–Trinajstić information content (AvgIpc) is 3.46. The monoisotopic (exact) mass is 400 g/mol. The Balaban J connectivity index is 1.25. The zero-order valence-electron chi connectivity index (χ0n) is 15.4. The van der Waals surface area contributed by atoms with Crippen LogP contribution in [0.5, 0.6) is 5.75 Å². The number of halogens is 1. The second kappa shape index (κ2) is 6.34. The van der Waals surface area contributed by atoms with Crippen molar-refractivity contribution in [2.24, 2.45) is 35.5 Å². The van der Waals surface area contributed by atoms with Crippen molar-refractivity contribution in [2.45, 2.75) is 12.8 Å². The van der Waals surface area contributed by atoms with Gasteiger partial charge in [-0.2, -0.15) is 0 Å². The predicted octanol–water partition coefficient (Wildman–Crippen LogP) is 2.73. The van der Waals surface area contributed by atoms with Gasteiger partial charge in [-0.05, 0) is 48.3 Å². The molecule has 0 unspecified atom stereocenters. The number of amides is 3. The highest BCUT2D eigenvalue weighted by Crippen LogP contribution is 2.65. The smallest absolute Gasteiger partial charge is 0.233 e. The maximum Gasteiger partial charge on any atom is 0.233 e. The largest absolute Gasteiger partial charge is 0.495 e. The van der Waals surface area contributed by atoms with Crippen molar-refractivity contribution in [3.8, 4) is 5.75 Å². The van der Waals surface area contributed by atoms with Gasteiger partial charge in [-0.3, -0.25) is 19.3 Å². The molecule has 146 valence electrons. The summed E-state index contributed by atoms with van der Waals surface area (Å²) in [6, 6.07) is 4.95. The summed E-state index contributed by atoms with van der Waals surface area (Å²) in [4.78, 5) is 39.6. The molecule has 3 amide bonds. The van der Waals surface area contributed by atoms with E-state index in [4.69, 9.17) is 16.3 Å². The van der Waals surface area contributed by atoms with Gasteiger partial charge in [0.1, 0.15) is 5.75 Å². The lowest BCUT2D eigenvalue weighted by atomic mass is 9.63. The number of benzene rings is 1. The summed E-state index contributed by atoms with van der Waals surface area (Å²) in [6.45, 7) is 0.105. The van der Waals surface area contributed by atoms with Crippen LogP contribution in [0.4, 0.5) is 5.69 Å². The first-order valence-corrected chi connectivity index (χ1v) is 10.0. The molecule has 3 fully saturated rings. The van der Waals surface area contributed by atoms with E-state index in [1.807, 2.05) is 0 Å². The van der Waals surface area contributed by atoms with Crippen LogP contribution in [-0.2, 0) is 14.4 Å². The average molecular weight is 401 g/mol. The van der Waals surface area contributed by atoms with Crippen molar-refractivity contribution in [1.82, 2.24) is 4.90 Å². The van der Waals surface area contributed by atoms with E-state index in [0.717, 1.165) is 6.42 Å². The maximum absolute atomic E-state index is 12.9. The van der Waals surface area contributed by atoms with E-state index in [1.165, 1.54) is 12.0 Å². The summed E-state index contributed by atoms with van der Waals surface area (Å²) in [6.07, 6.45) is 5.47. The van der Waals surface area contributed by atoms with Crippen LogP contribution in [-0.4, -0.2) is 36.3 Å². The van der Waals surface area contributed by atoms with Crippen LogP contribution in [0.2, 0.25) is 5.02 Å².